The number of amides is 2. The highest BCUT2D eigenvalue weighted by Crippen LogP contribution is 2.30. The molecule has 0 spiro atoms. The second-order valence-electron chi connectivity index (χ2n) is 5.49. The van der Waals surface area contributed by atoms with Crippen LogP contribution in [0.1, 0.15) is 6.42 Å². The van der Waals surface area contributed by atoms with Crippen molar-refractivity contribution in [3.63, 3.8) is 0 Å². The van der Waals surface area contributed by atoms with Crippen LogP contribution in [0.3, 0.4) is 0 Å². The number of anilines is 1. The highest BCUT2D eigenvalue weighted by molar-refractivity contribution is 14.1. The number of rotatable bonds is 4. The molecule has 1 aliphatic heterocycles. The minimum Gasteiger partial charge on any atom is -0.326 e. The van der Waals surface area contributed by atoms with E-state index >= 15 is 0 Å². The van der Waals surface area contributed by atoms with Crippen molar-refractivity contribution in [3.8, 4) is 0 Å². The number of benzene rings is 2. The van der Waals surface area contributed by atoms with E-state index in [1.165, 1.54) is 16.7 Å². The first-order valence-electron chi connectivity index (χ1n) is 7.66. The van der Waals surface area contributed by atoms with Gasteiger partial charge in [0, 0.05) is 22.7 Å². The summed E-state index contributed by atoms with van der Waals surface area (Å²) in [4.78, 5) is 30.6. The average molecular weight is 465 g/mol. The van der Waals surface area contributed by atoms with Gasteiger partial charge in [-0.3, -0.25) is 14.5 Å². The maximum Gasteiger partial charge on any atom is 0.242 e. The molecule has 1 atom stereocenters. The van der Waals surface area contributed by atoms with Crippen LogP contribution in [0.5, 0.6) is 0 Å². The molecule has 1 saturated heterocycles. The van der Waals surface area contributed by atoms with E-state index in [9.17, 15) is 9.59 Å². The number of para-hydroxylation sites is 1. The molecule has 2 amide bonds. The van der Waals surface area contributed by atoms with Gasteiger partial charge in [0.05, 0.1) is 5.69 Å². The van der Waals surface area contributed by atoms with Gasteiger partial charge >= 0.3 is 0 Å². The average Bonchev–Trinajstić information content (AvgIpc) is 2.86. The first-order chi connectivity index (χ1) is 12.0. The SMILES string of the molecule is CN1C(=O)[C@@H](CC(=O)Nc2ccccc2)SC1=Nc1ccc(I)cc1. The van der Waals surface area contributed by atoms with Gasteiger partial charge in [0.1, 0.15) is 5.25 Å². The molecular weight excluding hydrogens is 449 g/mol. The van der Waals surface area contributed by atoms with Crippen LogP contribution in [0.2, 0.25) is 0 Å². The zero-order valence-corrected chi connectivity index (χ0v) is 16.5. The standard InChI is InChI=1S/C18H16IN3O2S/c1-22-17(24)15(11-16(23)20-13-5-3-2-4-6-13)25-18(22)21-14-9-7-12(19)8-10-14/h2-10,15H,11H2,1H3,(H,20,23)/t15-/m1/s1. The van der Waals surface area contributed by atoms with Gasteiger partial charge in [-0.25, -0.2) is 4.99 Å². The lowest BCUT2D eigenvalue weighted by Crippen LogP contribution is -2.30. The molecule has 1 fully saturated rings. The summed E-state index contributed by atoms with van der Waals surface area (Å²) in [5.41, 5.74) is 1.51. The van der Waals surface area contributed by atoms with Crippen molar-refractivity contribution < 1.29 is 9.59 Å². The number of carbonyl (C=O) groups is 2. The van der Waals surface area contributed by atoms with Crippen LogP contribution in [0.25, 0.3) is 0 Å². The topological polar surface area (TPSA) is 61.8 Å². The maximum atomic E-state index is 12.4. The van der Waals surface area contributed by atoms with E-state index in [1.807, 2.05) is 54.6 Å². The van der Waals surface area contributed by atoms with Crippen molar-refractivity contribution in [3.05, 3.63) is 58.2 Å². The van der Waals surface area contributed by atoms with E-state index in [2.05, 4.69) is 32.9 Å². The third-order valence-electron chi connectivity index (χ3n) is 3.62. The van der Waals surface area contributed by atoms with Crippen molar-refractivity contribution in [1.82, 2.24) is 4.90 Å². The highest BCUT2D eigenvalue weighted by atomic mass is 127. The molecule has 0 aliphatic carbocycles. The first kappa shape index (κ1) is 17.9. The van der Waals surface area contributed by atoms with Crippen LogP contribution < -0.4 is 5.32 Å². The van der Waals surface area contributed by atoms with Gasteiger partial charge in [0.15, 0.2) is 5.17 Å². The number of hydrogen-bond donors (Lipinski definition) is 1. The number of hydrogen-bond acceptors (Lipinski definition) is 4. The van der Waals surface area contributed by atoms with Crippen LogP contribution in [0.4, 0.5) is 11.4 Å². The summed E-state index contributed by atoms with van der Waals surface area (Å²) >= 11 is 3.56. The Bertz CT molecular complexity index is 809. The van der Waals surface area contributed by atoms with Crippen molar-refractivity contribution in [1.29, 1.82) is 0 Å². The van der Waals surface area contributed by atoms with Gasteiger partial charge in [0.25, 0.3) is 0 Å². The largest absolute Gasteiger partial charge is 0.326 e. The summed E-state index contributed by atoms with van der Waals surface area (Å²) in [6, 6.07) is 17.0. The van der Waals surface area contributed by atoms with Gasteiger partial charge < -0.3 is 5.32 Å². The monoisotopic (exact) mass is 465 g/mol. The minimum absolute atomic E-state index is 0.0996. The number of nitrogens with one attached hydrogen (secondary N) is 1. The molecule has 0 bridgehead atoms. The Morgan fingerprint density at radius 3 is 2.56 bits per heavy atom. The van der Waals surface area contributed by atoms with Crippen LogP contribution in [0.15, 0.2) is 59.6 Å². The zero-order chi connectivity index (χ0) is 17.8. The number of thioether (sulfide) groups is 1. The Labute approximate surface area is 164 Å². The molecule has 1 heterocycles. The van der Waals surface area contributed by atoms with Crippen molar-refractivity contribution in [2.75, 3.05) is 12.4 Å². The van der Waals surface area contributed by atoms with E-state index < -0.39 is 5.25 Å². The lowest BCUT2D eigenvalue weighted by Gasteiger charge is -2.09. The summed E-state index contributed by atoms with van der Waals surface area (Å²) < 4.78 is 1.13. The quantitative estimate of drug-likeness (QED) is 0.698. The van der Waals surface area contributed by atoms with Crippen LogP contribution in [-0.2, 0) is 9.59 Å². The molecule has 5 nitrogen and oxygen atoms in total. The Kier molecular flexibility index (Phi) is 5.74. The fourth-order valence-electron chi connectivity index (χ4n) is 2.33. The molecule has 25 heavy (non-hydrogen) atoms. The van der Waals surface area contributed by atoms with Crippen molar-refractivity contribution in [2.45, 2.75) is 11.7 Å². The molecule has 2 aromatic rings. The number of amidine groups is 1. The molecule has 3 rings (SSSR count). The molecule has 0 unspecified atom stereocenters. The summed E-state index contributed by atoms with van der Waals surface area (Å²) in [7, 11) is 1.69. The second-order valence-corrected chi connectivity index (χ2v) is 7.91. The molecule has 7 heteroatoms. The second kappa shape index (κ2) is 8.01. The molecule has 1 N–H and O–H groups in total. The van der Waals surface area contributed by atoms with Gasteiger partial charge in [-0.05, 0) is 59.0 Å². The van der Waals surface area contributed by atoms with Gasteiger partial charge in [-0.15, -0.1) is 0 Å². The van der Waals surface area contributed by atoms with Crippen molar-refractivity contribution >= 4 is 62.7 Å². The molecule has 0 aromatic heterocycles. The fourth-order valence-corrected chi connectivity index (χ4v) is 3.84. The third kappa shape index (κ3) is 4.60. The highest BCUT2D eigenvalue weighted by Gasteiger charge is 2.36. The zero-order valence-electron chi connectivity index (χ0n) is 13.5. The predicted molar refractivity (Wildman–Crippen MR) is 110 cm³/mol. The molecule has 0 saturated carbocycles. The summed E-state index contributed by atoms with van der Waals surface area (Å²) in [5.74, 6) is -0.279. The van der Waals surface area contributed by atoms with Crippen LogP contribution >= 0.6 is 34.4 Å². The lowest BCUT2D eigenvalue weighted by molar-refractivity contribution is -0.127. The van der Waals surface area contributed by atoms with E-state index in [-0.39, 0.29) is 18.2 Å². The molecule has 0 radical (unpaired) electrons. The number of halogens is 1. The predicted octanol–water partition coefficient (Wildman–Crippen LogP) is 3.88. The van der Waals surface area contributed by atoms with Gasteiger partial charge in [0.2, 0.25) is 11.8 Å². The number of nitrogens with zero attached hydrogens (tertiary/aromatic N) is 2. The lowest BCUT2D eigenvalue weighted by atomic mass is 10.2. The third-order valence-corrected chi connectivity index (χ3v) is 5.57. The summed E-state index contributed by atoms with van der Waals surface area (Å²) in [5, 5.41) is 2.98. The molecule has 2 aromatic carbocycles. The van der Waals surface area contributed by atoms with E-state index in [4.69, 9.17) is 0 Å². The van der Waals surface area contributed by atoms with Gasteiger partial charge in [-0.1, -0.05) is 30.0 Å². The molecule has 128 valence electrons. The number of aliphatic imine (C=N–C) groups is 1. The number of carbonyl (C=O) groups excluding carboxylic acids is 2. The van der Waals surface area contributed by atoms with Crippen LogP contribution in [0, 0.1) is 3.57 Å². The fraction of sp³-hybridized carbons (Fsp3) is 0.167. The van der Waals surface area contributed by atoms with Crippen LogP contribution in [-0.4, -0.2) is 34.2 Å². The minimum atomic E-state index is -0.448. The Morgan fingerprint density at radius 1 is 1.20 bits per heavy atom. The Morgan fingerprint density at radius 2 is 1.88 bits per heavy atom. The Hall–Kier alpha value is -1.87. The first-order valence-corrected chi connectivity index (χ1v) is 9.62. The summed E-state index contributed by atoms with van der Waals surface area (Å²) in [6.45, 7) is 0. The van der Waals surface area contributed by atoms with Crippen molar-refractivity contribution in [2.24, 2.45) is 4.99 Å². The molecular formula is C18H16IN3O2S. The summed E-state index contributed by atoms with van der Waals surface area (Å²) in [6.07, 6.45) is 0.119. The molecule has 1 aliphatic rings. The van der Waals surface area contributed by atoms with E-state index in [0.717, 1.165) is 14.9 Å². The van der Waals surface area contributed by atoms with E-state index in [0.29, 0.717) is 5.17 Å². The normalized spacial score (nSPS) is 18.6. The van der Waals surface area contributed by atoms with Gasteiger partial charge in [-0.2, -0.15) is 0 Å². The smallest absolute Gasteiger partial charge is 0.242 e. The van der Waals surface area contributed by atoms with E-state index in [1.54, 1.807) is 7.05 Å². The maximum absolute atomic E-state index is 12.4. The Balaban J connectivity index is 1.66.